The van der Waals surface area contributed by atoms with Crippen LogP contribution in [-0.4, -0.2) is 45.9 Å². The smallest absolute Gasteiger partial charge is 0.290 e. The fraction of sp³-hybridized carbons (Fsp3) is 0.412. The Bertz CT molecular complexity index is 766. The van der Waals surface area contributed by atoms with Crippen molar-refractivity contribution in [3.05, 3.63) is 51.3 Å². The van der Waals surface area contributed by atoms with E-state index in [-0.39, 0.29) is 23.9 Å². The van der Waals surface area contributed by atoms with Crippen molar-refractivity contribution in [1.82, 2.24) is 4.90 Å². The quantitative estimate of drug-likeness (QED) is 0.645. The van der Waals surface area contributed by atoms with Crippen LogP contribution < -0.4 is 0 Å². The molecule has 8 heteroatoms. The van der Waals surface area contributed by atoms with Gasteiger partial charge >= 0.3 is 0 Å². The SMILES string of the molecule is CC(=O)C1=C(O)C(=O)N(C[C@H]2CCCO2)[C@@H]1c1cccc([N+](=O)[O-])c1. The molecule has 1 fully saturated rings. The molecule has 2 atom stereocenters. The molecular formula is C17H18N2O6. The van der Waals surface area contributed by atoms with Crippen LogP contribution in [0.25, 0.3) is 0 Å². The molecule has 0 unspecified atom stereocenters. The van der Waals surface area contributed by atoms with Crippen molar-refractivity contribution in [3.63, 3.8) is 0 Å². The van der Waals surface area contributed by atoms with Gasteiger partial charge in [-0.3, -0.25) is 19.7 Å². The standard InChI is InChI=1S/C17H18N2O6/c1-10(20)14-15(11-4-2-5-12(8-11)19(23)24)18(17(22)16(14)21)9-13-6-3-7-25-13/h2,4-5,8,13,15,21H,3,6-7,9H2,1H3/t13-,15-/m1/s1. The van der Waals surface area contributed by atoms with Crippen LogP contribution in [0.3, 0.4) is 0 Å². The van der Waals surface area contributed by atoms with Crippen LogP contribution in [0.2, 0.25) is 0 Å². The monoisotopic (exact) mass is 346 g/mol. The molecule has 2 aliphatic heterocycles. The van der Waals surface area contributed by atoms with Crippen molar-refractivity contribution in [2.75, 3.05) is 13.2 Å². The maximum Gasteiger partial charge on any atom is 0.290 e. The number of amides is 1. The summed E-state index contributed by atoms with van der Waals surface area (Å²) in [7, 11) is 0. The van der Waals surface area contributed by atoms with Crippen molar-refractivity contribution < 1.29 is 24.4 Å². The lowest BCUT2D eigenvalue weighted by Crippen LogP contribution is -2.37. The predicted molar refractivity (Wildman–Crippen MR) is 86.9 cm³/mol. The topological polar surface area (TPSA) is 110 Å². The van der Waals surface area contributed by atoms with Crippen molar-refractivity contribution >= 4 is 17.4 Å². The van der Waals surface area contributed by atoms with E-state index in [1.54, 1.807) is 6.07 Å². The molecule has 132 valence electrons. The molecule has 8 nitrogen and oxygen atoms in total. The van der Waals surface area contributed by atoms with E-state index >= 15 is 0 Å². The lowest BCUT2D eigenvalue weighted by Gasteiger charge is -2.28. The van der Waals surface area contributed by atoms with Crippen molar-refractivity contribution in [2.45, 2.75) is 31.9 Å². The van der Waals surface area contributed by atoms with E-state index in [4.69, 9.17) is 4.74 Å². The Labute approximate surface area is 143 Å². The Hall–Kier alpha value is -2.74. The lowest BCUT2D eigenvalue weighted by molar-refractivity contribution is -0.384. The Balaban J connectivity index is 2.02. The van der Waals surface area contributed by atoms with Gasteiger partial charge in [0, 0.05) is 25.3 Å². The first-order chi connectivity index (χ1) is 11.9. The van der Waals surface area contributed by atoms with E-state index in [0.29, 0.717) is 12.2 Å². The van der Waals surface area contributed by atoms with Crippen LogP contribution in [0.5, 0.6) is 0 Å². The van der Waals surface area contributed by atoms with Crippen LogP contribution in [0, 0.1) is 10.1 Å². The summed E-state index contributed by atoms with van der Waals surface area (Å²) in [6, 6.07) is 4.91. The average molecular weight is 346 g/mol. The van der Waals surface area contributed by atoms with Crippen LogP contribution in [0.1, 0.15) is 31.4 Å². The minimum atomic E-state index is -0.853. The number of rotatable bonds is 5. The molecule has 1 saturated heterocycles. The van der Waals surface area contributed by atoms with Gasteiger partial charge in [0.05, 0.1) is 22.6 Å². The number of nitro groups is 1. The summed E-state index contributed by atoms with van der Waals surface area (Å²) in [4.78, 5) is 36.4. The summed E-state index contributed by atoms with van der Waals surface area (Å²) in [6.07, 6.45) is 1.48. The minimum Gasteiger partial charge on any atom is -0.503 e. The molecule has 2 heterocycles. The Morgan fingerprint density at radius 3 is 2.84 bits per heavy atom. The lowest BCUT2D eigenvalue weighted by atomic mass is 9.96. The number of ether oxygens (including phenoxy) is 1. The number of non-ortho nitro benzene ring substituents is 1. The molecule has 25 heavy (non-hydrogen) atoms. The third kappa shape index (κ3) is 3.12. The van der Waals surface area contributed by atoms with E-state index in [0.717, 1.165) is 12.8 Å². The number of carbonyl (C=O) groups is 2. The van der Waals surface area contributed by atoms with Crippen LogP contribution >= 0.6 is 0 Å². The maximum absolute atomic E-state index is 12.5. The van der Waals surface area contributed by atoms with E-state index in [1.807, 2.05) is 0 Å². The van der Waals surface area contributed by atoms with Gasteiger partial charge in [-0.25, -0.2) is 0 Å². The minimum absolute atomic E-state index is 0.0384. The molecule has 2 aliphatic rings. The highest BCUT2D eigenvalue weighted by Crippen LogP contribution is 2.39. The third-order valence-corrected chi connectivity index (χ3v) is 4.50. The molecule has 1 aromatic carbocycles. The summed E-state index contributed by atoms with van der Waals surface area (Å²) >= 11 is 0. The first kappa shape index (κ1) is 17.1. The van der Waals surface area contributed by atoms with Crippen molar-refractivity contribution in [3.8, 4) is 0 Å². The Morgan fingerprint density at radius 2 is 2.24 bits per heavy atom. The Morgan fingerprint density at radius 1 is 1.48 bits per heavy atom. The van der Waals surface area contributed by atoms with Crippen LogP contribution in [0.4, 0.5) is 5.69 Å². The number of ketones is 1. The molecule has 1 aromatic rings. The summed E-state index contributed by atoms with van der Waals surface area (Å²) in [5.74, 6) is -1.70. The number of Topliss-reactive ketones (excluding diaryl/α,β-unsaturated/α-hetero) is 1. The van der Waals surface area contributed by atoms with Crippen molar-refractivity contribution in [2.24, 2.45) is 0 Å². The normalized spacial score (nSPS) is 23.4. The van der Waals surface area contributed by atoms with E-state index < -0.39 is 28.4 Å². The number of aliphatic hydroxyl groups excluding tert-OH is 1. The molecule has 0 aromatic heterocycles. The summed E-state index contributed by atoms with van der Waals surface area (Å²) in [5, 5.41) is 21.2. The molecule has 0 aliphatic carbocycles. The highest BCUT2D eigenvalue weighted by atomic mass is 16.6. The van der Waals surface area contributed by atoms with E-state index in [1.165, 1.54) is 30.0 Å². The summed E-state index contributed by atoms with van der Waals surface area (Å²) in [5.41, 5.74) is 0.231. The molecule has 0 radical (unpaired) electrons. The average Bonchev–Trinajstić information content (AvgIpc) is 3.17. The van der Waals surface area contributed by atoms with Gasteiger partial charge in [-0.1, -0.05) is 12.1 Å². The van der Waals surface area contributed by atoms with Gasteiger partial charge in [-0.15, -0.1) is 0 Å². The number of carbonyl (C=O) groups excluding carboxylic acids is 2. The highest BCUT2D eigenvalue weighted by Gasteiger charge is 2.43. The molecular weight excluding hydrogens is 328 g/mol. The second-order valence-electron chi connectivity index (χ2n) is 6.17. The number of aliphatic hydroxyl groups is 1. The zero-order chi connectivity index (χ0) is 18.1. The zero-order valence-corrected chi connectivity index (χ0v) is 13.7. The molecule has 0 bridgehead atoms. The largest absolute Gasteiger partial charge is 0.503 e. The van der Waals surface area contributed by atoms with Gasteiger partial charge in [0.2, 0.25) is 0 Å². The highest BCUT2D eigenvalue weighted by molar-refractivity contribution is 6.08. The van der Waals surface area contributed by atoms with Crippen molar-refractivity contribution in [1.29, 1.82) is 0 Å². The molecule has 1 amide bonds. The number of hydrogen-bond acceptors (Lipinski definition) is 6. The fourth-order valence-electron chi connectivity index (χ4n) is 3.36. The number of benzene rings is 1. The summed E-state index contributed by atoms with van der Waals surface area (Å²) in [6.45, 7) is 2.08. The number of nitro benzene ring substituents is 1. The maximum atomic E-state index is 12.5. The second kappa shape index (κ2) is 6.64. The first-order valence-electron chi connectivity index (χ1n) is 8.01. The van der Waals surface area contributed by atoms with Gasteiger partial charge in [0.25, 0.3) is 11.6 Å². The van der Waals surface area contributed by atoms with E-state index in [9.17, 15) is 24.8 Å². The molecule has 0 spiro atoms. The molecule has 0 saturated carbocycles. The number of hydrogen-bond donors (Lipinski definition) is 1. The van der Waals surface area contributed by atoms with Gasteiger partial charge in [0.1, 0.15) is 0 Å². The third-order valence-electron chi connectivity index (χ3n) is 4.50. The van der Waals surface area contributed by atoms with Gasteiger partial charge in [-0.2, -0.15) is 0 Å². The van der Waals surface area contributed by atoms with Gasteiger partial charge < -0.3 is 14.7 Å². The fourth-order valence-corrected chi connectivity index (χ4v) is 3.36. The van der Waals surface area contributed by atoms with E-state index in [2.05, 4.69) is 0 Å². The molecule has 3 rings (SSSR count). The zero-order valence-electron chi connectivity index (χ0n) is 13.7. The van der Waals surface area contributed by atoms with Gasteiger partial charge in [0.15, 0.2) is 11.5 Å². The molecule has 1 N–H and O–H groups in total. The number of nitrogens with zero attached hydrogens (tertiary/aromatic N) is 2. The van der Waals surface area contributed by atoms with Gasteiger partial charge in [-0.05, 0) is 25.3 Å². The van der Waals surface area contributed by atoms with Crippen LogP contribution in [-0.2, 0) is 14.3 Å². The summed E-state index contributed by atoms with van der Waals surface area (Å²) < 4.78 is 5.55. The Kier molecular flexibility index (Phi) is 4.54. The predicted octanol–water partition coefficient (Wildman–Crippen LogP) is 2.06. The van der Waals surface area contributed by atoms with Crippen LogP contribution in [0.15, 0.2) is 35.6 Å². The second-order valence-corrected chi connectivity index (χ2v) is 6.17. The first-order valence-corrected chi connectivity index (χ1v) is 8.01.